The van der Waals surface area contributed by atoms with Crippen LogP contribution in [0.1, 0.15) is 42.5 Å². The second-order valence-corrected chi connectivity index (χ2v) is 12.1. The third kappa shape index (κ3) is 6.13. The Bertz CT molecular complexity index is 1320. The number of aliphatic carboxylic acids is 1. The number of rotatable bonds is 8. The number of ether oxygens (including phenoxy) is 2. The summed E-state index contributed by atoms with van der Waals surface area (Å²) in [7, 11) is 0. The fourth-order valence-electron chi connectivity index (χ4n) is 5.42. The van der Waals surface area contributed by atoms with E-state index >= 15 is 0 Å². The van der Waals surface area contributed by atoms with Crippen molar-refractivity contribution in [2.24, 2.45) is 11.3 Å². The SMILES string of the molecule is Cc1ccc(OCc2ccc(CN3CCOCC3)cc2C)c(-c2csc(N3CCC(C)(C(=O)O)C(C)C3)n2)c1. The molecule has 0 radical (unpaired) electrons. The Morgan fingerprint density at radius 3 is 2.69 bits per heavy atom. The van der Waals surface area contributed by atoms with Gasteiger partial charge in [-0.2, -0.15) is 0 Å². The zero-order chi connectivity index (χ0) is 27.6. The van der Waals surface area contributed by atoms with E-state index in [1.54, 1.807) is 11.3 Å². The van der Waals surface area contributed by atoms with Crippen molar-refractivity contribution >= 4 is 22.4 Å². The molecule has 3 heterocycles. The number of thiazole rings is 1. The van der Waals surface area contributed by atoms with Gasteiger partial charge < -0.3 is 19.5 Å². The highest BCUT2D eigenvalue weighted by Crippen LogP contribution is 2.40. The van der Waals surface area contributed by atoms with E-state index in [0.29, 0.717) is 26.1 Å². The van der Waals surface area contributed by atoms with Crippen molar-refractivity contribution in [1.29, 1.82) is 0 Å². The molecule has 7 nitrogen and oxygen atoms in total. The average Bonchev–Trinajstić information content (AvgIpc) is 3.41. The maximum Gasteiger partial charge on any atom is 0.309 e. The van der Waals surface area contributed by atoms with Gasteiger partial charge in [0.15, 0.2) is 5.13 Å². The monoisotopic (exact) mass is 549 g/mol. The molecule has 2 unspecified atom stereocenters. The molecule has 2 atom stereocenters. The maximum absolute atomic E-state index is 11.8. The fourth-order valence-corrected chi connectivity index (χ4v) is 6.29. The number of carboxylic acids is 1. The highest BCUT2D eigenvalue weighted by molar-refractivity contribution is 7.14. The molecule has 208 valence electrons. The first-order valence-electron chi connectivity index (χ1n) is 13.8. The van der Waals surface area contributed by atoms with Crippen LogP contribution in [0.2, 0.25) is 0 Å². The summed E-state index contributed by atoms with van der Waals surface area (Å²) in [5.74, 6) is 0.148. The van der Waals surface area contributed by atoms with Gasteiger partial charge in [-0.3, -0.25) is 9.69 Å². The van der Waals surface area contributed by atoms with Crippen molar-refractivity contribution in [1.82, 2.24) is 9.88 Å². The lowest BCUT2D eigenvalue weighted by Gasteiger charge is -2.41. The van der Waals surface area contributed by atoms with Crippen LogP contribution in [0.3, 0.4) is 0 Å². The molecule has 0 saturated carbocycles. The van der Waals surface area contributed by atoms with Gasteiger partial charge in [-0.05, 0) is 61.9 Å². The second-order valence-electron chi connectivity index (χ2n) is 11.3. The minimum absolute atomic E-state index is 0.0393. The van der Waals surface area contributed by atoms with Crippen molar-refractivity contribution in [3.8, 4) is 17.0 Å². The molecule has 2 aliphatic rings. The van der Waals surface area contributed by atoms with Gasteiger partial charge in [0, 0.05) is 43.7 Å². The van der Waals surface area contributed by atoms with Gasteiger partial charge in [0.1, 0.15) is 12.4 Å². The van der Waals surface area contributed by atoms with Crippen LogP contribution in [0.5, 0.6) is 5.75 Å². The number of morpholine rings is 1. The zero-order valence-corrected chi connectivity index (χ0v) is 24.2. The van der Waals surface area contributed by atoms with Crippen LogP contribution >= 0.6 is 11.3 Å². The molecule has 0 spiro atoms. The highest BCUT2D eigenvalue weighted by Gasteiger charge is 2.43. The lowest BCUT2D eigenvalue weighted by Crippen LogP contribution is -2.48. The lowest BCUT2D eigenvalue weighted by molar-refractivity contribution is -0.152. The average molecular weight is 550 g/mol. The van der Waals surface area contributed by atoms with E-state index < -0.39 is 11.4 Å². The van der Waals surface area contributed by atoms with E-state index in [1.807, 2.05) is 19.9 Å². The summed E-state index contributed by atoms with van der Waals surface area (Å²) >= 11 is 1.61. The quantitative estimate of drug-likeness (QED) is 0.382. The standard InChI is InChI=1S/C31H39N3O4S/c1-21-5-8-28(38-19-25-7-6-24(16-22(25)2)18-33-11-13-37-14-12-33)26(15-21)27-20-39-30(32-27)34-10-9-31(4,29(35)36)23(3)17-34/h5-8,15-16,20,23H,9-14,17-19H2,1-4H3,(H,35,36). The van der Waals surface area contributed by atoms with E-state index in [9.17, 15) is 9.90 Å². The van der Waals surface area contributed by atoms with Gasteiger partial charge in [0.25, 0.3) is 0 Å². The summed E-state index contributed by atoms with van der Waals surface area (Å²) in [4.78, 5) is 21.5. The van der Waals surface area contributed by atoms with E-state index in [-0.39, 0.29) is 5.92 Å². The molecule has 8 heteroatoms. The van der Waals surface area contributed by atoms with E-state index in [2.05, 4.69) is 59.4 Å². The minimum atomic E-state index is -0.710. The third-order valence-corrected chi connectivity index (χ3v) is 9.35. The molecule has 1 N–H and O–H groups in total. The van der Waals surface area contributed by atoms with E-state index in [4.69, 9.17) is 14.5 Å². The highest BCUT2D eigenvalue weighted by atomic mass is 32.1. The molecule has 1 aromatic heterocycles. The number of aryl methyl sites for hydroxylation is 2. The zero-order valence-electron chi connectivity index (χ0n) is 23.4. The van der Waals surface area contributed by atoms with Crippen LogP contribution < -0.4 is 9.64 Å². The van der Waals surface area contributed by atoms with Crippen LogP contribution in [-0.2, 0) is 22.7 Å². The number of anilines is 1. The predicted molar refractivity (Wildman–Crippen MR) is 156 cm³/mol. The molecule has 2 aliphatic heterocycles. The summed E-state index contributed by atoms with van der Waals surface area (Å²) in [6.45, 7) is 14.5. The van der Waals surface area contributed by atoms with Gasteiger partial charge in [0.05, 0.1) is 24.3 Å². The number of carboxylic acid groups (broad SMARTS) is 1. The molecular weight excluding hydrogens is 510 g/mol. The first kappa shape index (κ1) is 27.6. The summed E-state index contributed by atoms with van der Waals surface area (Å²) in [5.41, 5.74) is 6.07. The van der Waals surface area contributed by atoms with Gasteiger partial charge in [0.2, 0.25) is 0 Å². The molecule has 39 heavy (non-hydrogen) atoms. The number of carbonyl (C=O) groups is 1. The van der Waals surface area contributed by atoms with Gasteiger partial charge in [-0.25, -0.2) is 4.98 Å². The summed E-state index contributed by atoms with van der Waals surface area (Å²) in [6, 6.07) is 12.9. The Morgan fingerprint density at radius 1 is 1.18 bits per heavy atom. The molecule has 0 bridgehead atoms. The molecule has 2 aromatic carbocycles. The van der Waals surface area contributed by atoms with E-state index in [1.165, 1.54) is 16.7 Å². The van der Waals surface area contributed by atoms with Crippen LogP contribution in [0.4, 0.5) is 5.13 Å². The first-order valence-corrected chi connectivity index (χ1v) is 14.7. The fraction of sp³-hybridized carbons (Fsp3) is 0.484. The molecule has 0 amide bonds. The Hall–Kier alpha value is -2.94. The summed E-state index contributed by atoms with van der Waals surface area (Å²) < 4.78 is 11.9. The predicted octanol–water partition coefficient (Wildman–Crippen LogP) is 5.78. The molecule has 2 saturated heterocycles. The lowest BCUT2D eigenvalue weighted by atomic mass is 9.73. The normalized spacial score (nSPS) is 22.2. The van der Waals surface area contributed by atoms with Crippen molar-refractivity contribution in [2.75, 3.05) is 44.3 Å². The number of benzene rings is 2. The third-order valence-electron chi connectivity index (χ3n) is 8.45. The topological polar surface area (TPSA) is 75.1 Å². The van der Waals surface area contributed by atoms with Crippen molar-refractivity contribution in [3.05, 3.63) is 64.0 Å². The Labute approximate surface area is 235 Å². The summed E-state index contributed by atoms with van der Waals surface area (Å²) in [5, 5.41) is 12.7. The first-order chi connectivity index (χ1) is 18.7. The number of aromatic nitrogens is 1. The van der Waals surface area contributed by atoms with Crippen molar-refractivity contribution in [2.45, 2.75) is 47.3 Å². The number of hydrogen-bond acceptors (Lipinski definition) is 7. The van der Waals surface area contributed by atoms with Crippen LogP contribution in [-0.4, -0.2) is 60.4 Å². The smallest absolute Gasteiger partial charge is 0.309 e. The van der Waals surface area contributed by atoms with Crippen LogP contribution in [0.25, 0.3) is 11.3 Å². The Balaban J connectivity index is 1.28. The van der Waals surface area contributed by atoms with Crippen LogP contribution in [0, 0.1) is 25.2 Å². The van der Waals surface area contributed by atoms with Gasteiger partial charge in [-0.15, -0.1) is 11.3 Å². The molecule has 5 rings (SSSR count). The number of hydrogen-bond donors (Lipinski definition) is 1. The van der Waals surface area contributed by atoms with Crippen LogP contribution in [0.15, 0.2) is 41.8 Å². The molecule has 3 aromatic rings. The van der Waals surface area contributed by atoms with Gasteiger partial charge >= 0.3 is 5.97 Å². The maximum atomic E-state index is 11.8. The largest absolute Gasteiger partial charge is 0.488 e. The Kier molecular flexibility index (Phi) is 8.26. The second kappa shape index (κ2) is 11.7. The van der Waals surface area contributed by atoms with Gasteiger partial charge in [-0.1, -0.05) is 36.8 Å². The number of piperidine rings is 1. The number of nitrogens with zero attached hydrogens (tertiary/aromatic N) is 3. The molecular formula is C31H39N3O4S. The van der Waals surface area contributed by atoms with E-state index in [0.717, 1.165) is 60.5 Å². The van der Waals surface area contributed by atoms with Crippen molar-refractivity contribution in [3.63, 3.8) is 0 Å². The summed E-state index contributed by atoms with van der Waals surface area (Å²) in [6.07, 6.45) is 0.613. The van der Waals surface area contributed by atoms with Crippen molar-refractivity contribution < 1.29 is 19.4 Å². The molecule has 2 fully saturated rings. The minimum Gasteiger partial charge on any atom is -0.488 e. The molecule has 0 aliphatic carbocycles. The Morgan fingerprint density at radius 2 is 1.97 bits per heavy atom.